The van der Waals surface area contributed by atoms with Crippen molar-refractivity contribution in [1.29, 1.82) is 0 Å². The van der Waals surface area contributed by atoms with E-state index in [0.29, 0.717) is 22.4 Å². The summed E-state index contributed by atoms with van der Waals surface area (Å²) in [6.07, 6.45) is -0.531. The van der Waals surface area contributed by atoms with Gasteiger partial charge in [0, 0.05) is 5.69 Å². The van der Waals surface area contributed by atoms with Gasteiger partial charge in [-0.25, -0.2) is 8.42 Å². The summed E-state index contributed by atoms with van der Waals surface area (Å²) in [5.41, 5.74) is 1.79. The second kappa shape index (κ2) is 9.92. The number of sulfonamides is 1. The molecule has 5 N–H and O–H groups in total. The monoisotopic (exact) mass is 547 g/mol. The molecule has 0 spiro atoms. The summed E-state index contributed by atoms with van der Waals surface area (Å²) in [6, 6.07) is 25.1. The van der Waals surface area contributed by atoms with E-state index < -0.39 is 37.0 Å². The van der Waals surface area contributed by atoms with Gasteiger partial charge >= 0.3 is 15.2 Å². The summed E-state index contributed by atoms with van der Waals surface area (Å²) in [4.78, 5) is 37.8. The Bertz CT molecular complexity index is 1610. The molecule has 4 rings (SSSR count). The highest BCUT2D eigenvalue weighted by atomic mass is 32.2. The molecule has 0 saturated heterocycles. The molecular weight excluding hydrogens is 524 g/mol. The molecule has 0 aliphatic rings. The third-order valence-electron chi connectivity index (χ3n) is 5.60. The molecule has 0 heterocycles. The van der Waals surface area contributed by atoms with Crippen molar-refractivity contribution in [3.05, 3.63) is 96.6 Å². The Morgan fingerprint density at radius 1 is 0.694 bits per heavy atom. The highest BCUT2D eigenvalue weighted by Gasteiger charge is 2.43. The van der Waals surface area contributed by atoms with Gasteiger partial charge in [-0.05, 0) is 58.1 Å². The molecule has 0 unspecified atom stereocenters. The summed E-state index contributed by atoms with van der Waals surface area (Å²) >= 11 is 0. The van der Waals surface area contributed by atoms with Gasteiger partial charge in [-0.1, -0.05) is 66.7 Å². The standard InChI is InChI=1S/C24H23NO8P2S/c26-34(27,28)24(35(29,30)31)14-17-5-3-8-19(13-17)20-9-4-10-22(15-20)25-36(32,33)23-12-11-18-6-1-2-7-21(18)16-23/h1-13,15-16,24-25H,14H2,(H2,26,27,28)(H2,29,30,31). The van der Waals surface area contributed by atoms with Gasteiger partial charge in [-0.3, -0.25) is 13.9 Å². The van der Waals surface area contributed by atoms with Crippen LogP contribution >= 0.6 is 15.2 Å². The number of hydrogen-bond donors (Lipinski definition) is 5. The van der Waals surface area contributed by atoms with Crippen LogP contribution in [-0.4, -0.2) is 33.4 Å². The molecule has 0 saturated carbocycles. The van der Waals surface area contributed by atoms with E-state index in [9.17, 15) is 37.1 Å². The number of anilines is 1. The maximum absolute atomic E-state index is 13.0. The van der Waals surface area contributed by atoms with Gasteiger partial charge in [0.25, 0.3) is 10.0 Å². The maximum Gasteiger partial charge on any atom is 0.341 e. The molecule has 0 radical (unpaired) electrons. The van der Waals surface area contributed by atoms with Crippen LogP contribution in [0.25, 0.3) is 21.9 Å². The van der Waals surface area contributed by atoms with Crippen molar-refractivity contribution in [2.45, 2.75) is 16.7 Å². The average molecular weight is 547 g/mol. The Hall–Kier alpha value is -2.81. The summed E-state index contributed by atoms with van der Waals surface area (Å²) in [7, 11) is -14.0. The first-order valence-corrected chi connectivity index (χ1v) is 15.5. The summed E-state index contributed by atoms with van der Waals surface area (Å²) < 4.78 is 51.8. The molecule has 0 aliphatic carbocycles. The molecule has 4 aromatic rings. The zero-order valence-corrected chi connectivity index (χ0v) is 21.3. The summed E-state index contributed by atoms with van der Waals surface area (Å²) in [6.45, 7) is 0. The number of benzene rings is 4. The first-order chi connectivity index (χ1) is 16.8. The van der Waals surface area contributed by atoms with Crippen molar-refractivity contribution >= 4 is 41.7 Å². The quantitative estimate of drug-likeness (QED) is 0.201. The molecule has 188 valence electrons. The van der Waals surface area contributed by atoms with Crippen molar-refractivity contribution in [3.63, 3.8) is 0 Å². The Kier molecular flexibility index (Phi) is 7.23. The largest absolute Gasteiger partial charge is 0.341 e. The molecule has 0 aliphatic heterocycles. The van der Waals surface area contributed by atoms with Gasteiger partial charge < -0.3 is 19.6 Å². The maximum atomic E-state index is 13.0. The smallest absolute Gasteiger partial charge is 0.324 e. The van der Waals surface area contributed by atoms with E-state index in [-0.39, 0.29) is 4.90 Å². The number of rotatable bonds is 8. The second-order valence-corrected chi connectivity index (χ2v) is 14.0. The SMILES string of the molecule is O=P(O)(O)C(Cc1cccc(-c2cccc(NS(=O)(=O)c3ccc4ccccc4c3)c2)c1)P(=O)(O)O. The van der Waals surface area contributed by atoms with Gasteiger partial charge in [-0.15, -0.1) is 0 Å². The fourth-order valence-corrected chi connectivity index (χ4v) is 7.38. The third-order valence-corrected chi connectivity index (χ3v) is 10.7. The lowest BCUT2D eigenvalue weighted by Gasteiger charge is -2.19. The second-order valence-electron chi connectivity index (χ2n) is 8.26. The average Bonchev–Trinajstić information content (AvgIpc) is 2.81. The molecule has 12 heteroatoms. The molecular formula is C24H23NO8P2S. The molecule has 0 aromatic heterocycles. The van der Waals surface area contributed by atoms with Crippen molar-refractivity contribution in [1.82, 2.24) is 0 Å². The Labute approximate surface area is 207 Å². The lowest BCUT2D eigenvalue weighted by Crippen LogP contribution is -2.13. The minimum absolute atomic E-state index is 0.106. The van der Waals surface area contributed by atoms with E-state index in [2.05, 4.69) is 4.72 Å². The number of hydrogen-bond acceptors (Lipinski definition) is 4. The van der Waals surface area contributed by atoms with E-state index >= 15 is 0 Å². The molecule has 9 nitrogen and oxygen atoms in total. The lowest BCUT2D eigenvalue weighted by molar-refractivity contribution is 0.338. The van der Waals surface area contributed by atoms with Gasteiger partial charge in [0.15, 0.2) is 5.40 Å². The minimum atomic E-state index is -5.07. The summed E-state index contributed by atoms with van der Waals surface area (Å²) in [5.74, 6) is 0. The van der Waals surface area contributed by atoms with Crippen molar-refractivity contribution in [2.75, 3.05) is 4.72 Å². The van der Waals surface area contributed by atoms with Crippen LogP contribution in [0.5, 0.6) is 0 Å². The normalized spacial score (nSPS) is 12.7. The predicted octanol–water partition coefficient (Wildman–Crippen LogP) is 4.53. The van der Waals surface area contributed by atoms with Crippen LogP contribution in [-0.2, 0) is 25.6 Å². The van der Waals surface area contributed by atoms with Gasteiger partial charge in [0.1, 0.15) is 0 Å². The zero-order chi connectivity index (χ0) is 26.1. The third kappa shape index (κ3) is 6.11. The van der Waals surface area contributed by atoms with Crippen LogP contribution in [0.2, 0.25) is 0 Å². The molecule has 0 bridgehead atoms. The van der Waals surface area contributed by atoms with Gasteiger partial charge in [-0.2, -0.15) is 0 Å². The van der Waals surface area contributed by atoms with Gasteiger partial charge in [0.05, 0.1) is 4.90 Å². The predicted molar refractivity (Wildman–Crippen MR) is 138 cm³/mol. The van der Waals surface area contributed by atoms with Crippen LogP contribution in [0.15, 0.2) is 95.9 Å². The van der Waals surface area contributed by atoms with Crippen molar-refractivity contribution in [3.8, 4) is 11.1 Å². The first-order valence-electron chi connectivity index (χ1n) is 10.6. The van der Waals surface area contributed by atoms with Crippen LogP contribution < -0.4 is 4.72 Å². The molecule has 0 atom stereocenters. The van der Waals surface area contributed by atoms with E-state index in [1.807, 2.05) is 24.3 Å². The van der Waals surface area contributed by atoms with E-state index in [1.54, 1.807) is 54.6 Å². The molecule has 4 aromatic carbocycles. The van der Waals surface area contributed by atoms with Crippen molar-refractivity contribution < 1.29 is 37.1 Å². The van der Waals surface area contributed by atoms with Gasteiger partial charge in [0.2, 0.25) is 0 Å². The van der Waals surface area contributed by atoms with Crippen LogP contribution in [0, 0.1) is 0 Å². The zero-order valence-electron chi connectivity index (χ0n) is 18.7. The topological polar surface area (TPSA) is 161 Å². The highest BCUT2D eigenvalue weighted by Crippen LogP contribution is 2.60. The van der Waals surface area contributed by atoms with E-state index in [1.165, 1.54) is 12.1 Å². The Balaban J connectivity index is 1.61. The number of nitrogens with one attached hydrogen (secondary N) is 1. The Morgan fingerprint density at radius 2 is 1.31 bits per heavy atom. The van der Waals surface area contributed by atoms with Crippen LogP contribution in [0.3, 0.4) is 0 Å². The summed E-state index contributed by atoms with van der Waals surface area (Å²) in [5, 5.41) is -0.451. The first kappa shape index (κ1) is 26.3. The fourth-order valence-electron chi connectivity index (χ4n) is 3.83. The van der Waals surface area contributed by atoms with Crippen LogP contribution in [0.4, 0.5) is 5.69 Å². The van der Waals surface area contributed by atoms with E-state index in [4.69, 9.17) is 0 Å². The minimum Gasteiger partial charge on any atom is -0.324 e. The lowest BCUT2D eigenvalue weighted by atomic mass is 10.0. The highest BCUT2D eigenvalue weighted by molar-refractivity contribution is 7.92. The Morgan fingerprint density at radius 3 is 1.97 bits per heavy atom. The molecule has 36 heavy (non-hydrogen) atoms. The van der Waals surface area contributed by atoms with E-state index in [0.717, 1.165) is 10.8 Å². The van der Waals surface area contributed by atoms with Crippen LogP contribution in [0.1, 0.15) is 5.56 Å². The van der Waals surface area contributed by atoms with Crippen molar-refractivity contribution in [2.24, 2.45) is 0 Å². The molecule has 0 amide bonds. The number of fused-ring (bicyclic) bond motifs is 1. The fraction of sp³-hybridized carbons (Fsp3) is 0.0833. The molecule has 0 fully saturated rings.